The van der Waals surface area contributed by atoms with Crippen LogP contribution in [0, 0.1) is 0 Å². The third-order valence-corrected chi connectivity index (χ3v) is 4.01. The summed E-state index contributed by atoms with van der Waals surface area (Å²) in [6.45, 7) is 2.84. The molecule has 1 aromatic heterocycles. The molecule has 1 heterocycles. The van der Waals surface area contributed by atoms with Gasteiger partial charge in [-0.3, -0.25) is 4.79 Å². The van der Waals surface area contributed by atoms with Crippen molar-refractivity contribution in [3.8, 4) is 11.5 Å². The second-order valence-corrected chi connectivity index (χ2v) is 5.27. The van der Waals surface area contributed by atoms with Crippen LogP contribution in [0.5, 0.6) is 11.5 Å². The second kappa shape index (κ2) is 6.16. The Morgan fingerprint density at radius 3 is 2.48 bits per heavy atom. The minimum absolute atomic E-state index is 0.00809. The van der Waals surface area contributed by atoms with Crippen LogP contribution in [0.1, 0.15) is 22.8 Å². The number of nitrogens with zero attached hydrogens (tertiary/aromatic N) is 1. The number of fused-ring (bicyclic) bond motifs is 1. The van der Waals surface area contributed by atoms with Crippen molar-refractivity contribution in [1.29, 1.82) is 0 Å². The zero-order valence-corrected chi connectivity index (χ0v) is 13.5. The number of ether oxygens (including phenoxy) is 2. The van der Waals surface area contributed by atoms with E-state index >= 15 is 0 Å². The van der Waals surface area contributed by atoms with Gasteiger partial charge in [0, 0.05) is 35.3 Å². The number of ketones is 1. The van der Waals surface area contributed by atoms with Crippen LogP contribution in [0.2, 0.25) is 0 Å². The van der Waals surface area contributed by atoms with Crippen molar-refractivity contribution in [2.24, 2.45) is 0 Å². The van der Waals surface area contributed by atoms with Crippen LogP contribution in [0.4, 0.5) is 0 Å². The molecule has 4 heteroatoms. The Hall–Kier alpha value is -2.75. The summed E-state index contributed by atoms with van der Waals surface area (Å²) in [6, 6.07) is 13.0. The lowest BCUT2D eigenvalue weighted by Crippen LogP contribution is -2.01. The number of hydrogen-bond acceptors (Lipinski definition) is 3. The van der Waals surface area contributed by atoms with Crippen LogP contribution >= 0.6 is 0 Å². The summed E-state index contributed by atoms with van der Waals surface area (Å²) in [6.07, 6.45) is 1.91. The minimum Gasteiger partial charge on any atom is -0.497 e. The molecule has 0 saturated carbocycles. The SMILES string of the molecule is CCn1cc(C(=O)c2cccc(OC)c2)c2ccc(OC)cc21. The van der Waals surface area contributed by atoms with Gasteiger partial charge >= 0.3 is 0 Å². The Morgan fingerprint density at radius 2 is 1.78 bits per heavy atom. The van der Waals surface area contributed by atoms with Crippen LogP contribution in [0.15, 0.2) is 48.7 Å². The summed E-state index contributed by atoms with van der Waals surface area (Å²) in [5.74, 6) is 1.45. The van der Waals surface area contributed by atoms with E-state index in [0.717, 1.165) is 23.2 Å². The monoisotopic (exact) mass is 309 g/mol. The third kappa shape index (κ3) is 2.68. The van der Waals surface area contributed by atoms with Crippen molar-refractivity contribution >= 4 is 16.7 Å². The van der Waals surface area contributed by atoms with E-state index in [1.165, 1.54) is 0 Å². The van der Waals surface area contributed by atoms with Crippen LogP contribution in [-0.2, 0) is 6.54 Å². The van der Waals surface area contributed by atoms with E-state index in [-0.39, 0.29) is 5.78 Å². The molecule has 0 aliphatic carbocycles. The van der Waals surface area contributed by atoms with Gasteiger partial charge < -0.3 is 14.0 Å². The van der Waals surface area contributed by atoms with Gasteiger partial charge in [0.25, 0.3) is 0 Å². The van der Waals surface area contributed by atoms with Crippen molar-refractivity contribution < 1.29 is 14.3 Å². The molecule has 0 amide bonds. The summed E-state index contributed by atoms with van der Waals surface area (Å²) < 4.78 is 12.6. The fourth-order valence-corrected chi connectivity index (χ4v) is 2.76. The van der Waals surface area contributed by atoms with Gasteiger partial charge in [-0.25, -0.2) is 0 Å². The van der Waals surface area contributed by atoms with E-state index in [1.54, 1.807) is 20.3 Å². The highest BCUT2D eigenvalue weighted by molar-refractivity contribution is 6.16. The van der Waals surface area contributed by atoms with Gasteiger partial charge in [0.15, 0.2) is 5.78 Å². The van der Waals surface area contributed by atoms with Crippen LogP contribution in [0.25, 0.3) is 10.9 Å². The van der Waals surface area contributed by atoms with E-state index in [4.69, 9.17) is 9.47 Å². The zero-order chi connectivity index (χ0) is 16.4. The molecule has 3 aromatic rings. The molecule has 23 heavy (non-hydrogen) atoms. The van der Waals surface area contributed by atoms with Gasteiger partial charge in [-0.1, -0.05) is 12.1 Å². The number of aromatic nitrogens is 1. The molecule has 0 bridgehead atoms. The number of rotatable bonds is 5. The quantitative estimate of drug-likeness (QED) is 0.671. The predicted octanol–water partition coefficient (Wildman–Crippen LogP) is 3.91. The minimum atomic E-state index is -0.00809. The molecule has 2 aromatic carbocycles. The number of carbonyl (C=O) groups excluding carboxylic acids is 1. The fourth-order valence-electron chi connectivity index (χ4n) is 2.76. The lowest BCUT2D eigenvalue weighted by molar-refractivity contribution is 0.103. The molecule has 0 spiro atoms. The Balaban J connectivity index is 2.13. The van der Waals surface area contributed by atoms with Crippen molar-refractivity contribution in [1.82, 2.24) is 4.57 Å². The molecule has 0 radical (unpaired) electrons. The normalized spacial score (nSPS) is 10.7. The van der Waals surface area contributed by atoms with Gasteiger partial charge in [0.2, 0.25) is 0 Å². The van der Waals surface area contributed by atoms with Gasteiger partial charge in [-0.15, -0.1) is 0 Å². The van der Waals surface area contributed by atoms with Crippen molar-refractivity contribution in [3.63, 3.8) is 0 Å². The molecule has 0 fully saturated rings. The predicted molar refractivity (Wildman–Crippen MR) is 90.6 cm³/mol. The summed E-state index contributed by atoms with van der Waals surface area (Å²) in [5, 5.41) is 0.931. The lowest BCUT2D eigenvalue weighted by Gasteiger charge is -2.04. The Kier molecular flexibility index (Phi) is 4.06. The average molecular weight is 309 g/mol. The molecule has 4 nitrogen and oxygen atoms in total. The van der Waals surface area contributed by atoms with Gasteiger partial charge in [-0.2, -0.15) is 0 Å². The molecule has 0 atom stereocenters. The first kappa shape index (κ1) is 15.2. The first-order valence-electron chi connectivity index (χ1n) is 7.53. The molecule has 0 saturated heterocycles. The molecule has 118 valence electrons. The molecular weight excluding hydrogens is 290 g/mol. The van der Waals surface area contributed by atoms with E-state index in [0.29, 0.717) is 16.9 Å². The topological polar surface area (TPSA) is 40.5 Å². The largest absolute Gasteiger partial charge is 0.497 e. The Labute approximate surface area is 135 Å². The molecule has 0 N–H and O–H groups in total. The summed E-state index contributed by atoms with van der Waals surface area (Å²) >= 11 is 0. The average Bonchev–Trinajstić information content (AvgIpc) is 2.98. The van der Waals surface area contributed by atoms with Crippen LogP contribution < -0.4 is 9.47 Å². The van der Waals surface area contributed by atoms with Crippen LogP contribution in [0.3, 0.4) is 0 Å². The maximum Gasteiger partial charge on any atom is 0.195 e. The molecule has 3 rings (SSSR count). The smallest absolute Gasteiger partial charge is 0.195 e. The number of methoxy groups -OCH3 is 2. The molecule has 0 aliphatic rings. The summed E-state index contributed by atoms with van der Waals surface area (Å²) in [7, 11) is 3.24. The molecule has 0 aliphatic heterocycles. The first-order chi connectivity index (χ1) is 11.2. The van der Waals surface area contributed by atoms with E-state index in [1.807, 2.05) is 42.6 Å². The van der Waals surface area contributed by atoms with E-state index in [2.05, 4.69) is 11.5 Å². The highest BCUT2D eigenvalue weighted by atomic mass is 16.5. The zero-order valence-electron chi connectivity index (χ0n) is 13.5. The summed E-state index contributed by atoms with van der Waals surface area (Å²) in [4.78, 5) is 12.9. The fraction of sp³-hybridized carbons (Fsp3) is 0.211. The van der Waals surface area contributed by atoms with Crippen LogP contribution in [-0.4, -0.2) is 24.6 Å². The molecule has 0 unspecified atom stereocenters. The van der Waals surface area contributed by atoms with Crippen molar-refractivity contribution in [2.45, 2.75) is 13.5 Å². The Bertz CT molecular complexity index is 864. The Morgan fingerprint density at radius 1 is 1.04 bits per heavy atom. The summed E-state index contributed by atoms with van der Waals surface area (Å²) in [5.41, 5.74) is 2.31. The van der Waals surface area contributed by atoms with E-state index in [9.17, 15) is 4.79 Å². The molecular formula is C19H19NO3. The number of benzene rings is 2. The van der Waals surface area contributed by atoms with Gasteiger partial charge in [0.05, 0.1) is 19.7 Å². The number of hydrogen-bond donors (Lipinski definition) is 0. The maximum absolute atomic E-state index is 12.9. The highest BCUT2D eigenvalue weighted by Gasteiger charge is 2.17. The highest BCUT2D eigenvalue weighted by Crippen LogP contribution is 2.28. The number of aryl methyl sites for hydroxylation is 1. The number of carbonyl (C=O) groups is 1. The van der Waals surface area contributed by atoms with E-state index < -0.39 is 0 Å². The maximum atomic E-state index is 12.9. The first-order valence-corrected chi connectivity index (χ1v) is 7.53. The van der Waals surface area contributed by atoms with Gasteiger partial charge in [0.1, 0.15) is 11.5 Å². The standard InChI is InChI=1S/C19H19NO3/c1-4-20-12-17(16-9-8-15(23-3)11-18(16)20)19(21)13-6-5-7-14(10-13)22-2/h5-12H,4H2,1-3H3. The van der Waals surface area contributed by atoms with Gasteiger partial charge in [-0.05, 0) is 31.2 Å². The third-order valence-electron chi connectivity index (χ3n) is 4.01. The lowest BCUT2D eigenvalue weighted by atomic mass is 10.0. The second-order valence-electron chi connectivity index (χ2n) is 5.27. The van der Waals surface area contributed by atoms with Crippen molar-refractivity contribution in [2.75, 3.05) is 14.2 Å². The van der Waals surface area contributed by atoms with Crippen molar-refractivity contribution in [3.05, 3.63) is 59.8 Å².